The maximum Gasteiger partial charge on any atom is 0.0913 e. The normalized spacial score (nSPS) is 10.8. The third kappa shape index (κ3) is 2.48. The number of nitrogens with one attached hydrogen (secondary N) is 1. The zero-order valence-electron chi connectivity index (χ0n) is 9.85. The Morgan fingerprint density at radius 1 is 1.18 bits per heavy atom. The number of anilines is 1. The van der Waals surface area contributed by atoms with Crippen LogP contribution in [0.2, 0.25) is 10.0 Å². The highest BCUT2D eigenvalue weighted by Gasteiger charge is 2.09. The molecule has 17 heavy (non-hydrogen) atoms. The van der Waals surface area contributed by atoms with Crippen LogP contribution in [0.3, 0.4) is 0 Å². The maximum absolute atomic E-state index is 6.19. The molecule has 0 aliphatic heterocycles. The summed E-state index contributed by atoms with van der Waals surface area (Å²) in [6.45, 7) is 4.99. The van der Waals surface area contributed by atoms with Crippen molar-refractivity contribution in [3.8, 4) is 0 Å². The van der Waals surface area contributed by atoms with E-state index in [4.69, 9.17) is 23.2 Å². The number of fused-ring (bicyclic) bond motifs is 1. The Bertz CT molecular complexity index is 553. The fraction of sp³-hybridized carbons (Fsp3) is 0.308. The predicted molar refractivity (Wildman–Crippen MR) is 75.3 cm³/mol. The Labute approximate surface area is 111 Å². The third-order valence-corrected chi connectivity index (χ3v) is 3.12. The van der Waals surface area contributed by atoms with Crippen LogP contribution in [0, 0.1) is 0 Å². The lowest BCUT2D eigenvalue weighted by Crippen LogP contribution is -2.00. The Morgan fingerprint density at radius 2 is 1.94 bits per heavy atom. The molecule has 0 saturated heterocycles. The molecule has 2 rings (SSSR count). The topological polar surface area (TPSA) is 24.9 Å². The van der Waals surface area contributed by atoms with Crippen molar-refractivity contribution in [2.24, 2.45) is 0 Å². The summed E-state index contributed by atoms with van der Waals surface area (Å²) in [4.78, 5) is 4.55. The van der Waals surface area contributed by atoms with Gasteiger partial charge in [0, 0.05) is 28.3 Å². The number of halogens is 2. The summed E-state index contributed by atoms with van der Waals surface area (Å²) < 4.78 is 0. The van der Waals surface area contributed by atoms with E-state index in [2.05, 4.69) is 30.2 Å². The fourth-order valence-electron chi connectivity index (χ4n) is 1.82. The zero-order chi connectivity index (χ0) is 12.4. The molecule has 0 spiro atoms. The second-order valence-corrected chi connectivity index (χ2v) is 4.67. The largest absolute Gasteiger partial charge is 0.385 e. The molecule has 0 radical (unpaired) electrons. The summed E-state index contributed by atoms with van der Waals surface area (Å²) >= 11 is 12.2. The molecule has 0 unspecified atom stereocenters. The van der Waals surface area contributed by atoms with Crippen LogP contribution in [0.5, 0.6) is 0 Å². The number of hydrogen-bond donors (Lipinski definition) is 1. The molecular weight excluding hydrogens is 255 g/mol. The quantitative estimate of drug-likeness (QED) is 0.885. The van der Waals surface area contributed by atoms with Gasteiger partial charge in [-0.2, -0.15) is 0 Å². The number of hydrogen-bond acceptors (Lipinski definition) is 2. The van der Waals surface area contributed by atoms with Gasteiger partial charge in [0.15, 0.2) is 0 Å². The summed E-state index contributed by atoms with van der Waals surface area (Å²) in [5.74, 6) is 0. The fourth-order valence-corrected chi connectivity index (χ4v) is 2.36. The summed E-state index contributed by atoms with van der Waals surface area (Å²) in [7, 11) is 0. The van der Waals surface area contributed by atoms with Crippen molar-refractivity contribution in [3.63, 3.8) is 0 Å². The Kier molecular flexibility index (Phi) is 3.75. The third-order valence-electron chi connectivity index (χ3n) is 2.61. The average Bonchev–Trinajstić information content (AvgIpc) is 2.30. The van der Waals surface area contributed by atoms with Crippen molar-refractivity contribution in [1.82, 2.24) is 4.98 Å². The molecule has 2 nitrogen and oxygen atoms in total. The maximum atomic E-state index is 6.19. The minimum Gasteiger partial charge on any atom is -0.385 e. The molecule has 2 aromatic rings. The van der Waals surface area contributed by atoms with E-state index in [1.807, 2.05) is 6.07 Å². The highest BCUT2D eigenvalue weighted by molar-refractivity contribution is 6.38. The van der Waals surface area contributed by atoms with Crippen molar-refractivity contribution >= 4 is 39.8 Å². The van der Waals surface area contributed by atoms with Gasteiger partial charge in [-0.1, -0.05) is 30.1 Å². The molecule has 1 aromatic heterocycles. The van der Waals surface area contributed by atoms with Crippen molar-refractivity contribution in [2.45, 2.75) is 20.3 Å². The molecule has 0 fully saturated rings. The summed E-state index contributed by atoms with van der Waals surface area (Å²) in [6, 6.07) is 5.68. The van der Waals surface area contributed by atoms with Gasteiger partial charge >= 0.3 is 0 Å². The second kappa shape index (κ2) is 5.11. The number of pyridine rings is 1. The first kappa shape index (κ1) is 12.5. The van der Waals surface area contributed by atoms with Crippen molar-refractivity contribution < 1.29 is 0 Å². The molecule has 0 aliphatic rings. The van der Waals surface area contributed by atoms with Gasteiger partial charge in [-0.25, -0.2) is 0 Å². The lowest BCUT2D eigenvalue weighted by atomic mass is 10.1. The zero-order valence-corrected chi connectivity index (χ0v) is 11.4. The van der Waals surface area contributed by atoms with Crippen LogP contribution in [0.15, 0.2) is 18.2 Å². The standard InChI is InChI=1S/C13H14Cl2N2/c1-3-9-7-12(16-4-2)10-5-8(14)6-11(15)13(10)17-9/h5-7H,3-4H2,1-2H3,(H,16,17). The SMILES string of the molecule is CCNc1cc(CC)nc2c(Cl)cc(Cl)cc12. The Morgan fingerprint density at radius 3 is 2.59 bits per heavy atom. The smallest absolute Gasteiger partial charge is 0.0913 e. The lowest BCUT2D eigenvalue weighted by Gasteiger charge is -2.11. The first-order valence-electron chi connectivity index (χ1n) is 5.68. The monoisotopic (exact) mass is 268 g/mol. The van der Waals surface area contributed by atoms with Crippen LogP contribution in [-0.2, 0) is 6.42 Å². The van der Waals surface area contributed by atoms with Crippen molar-refractivity contribution in [1.29, 1.82) is 0 Å². The van der Waals surface area contributed by atoms with Crippen LogP contribution >= 0.6 is 23.2 Å². The van der Waals surface area contributed by atoms with E-state index in [1.54, 1.807) is 6.07 Å². The van der Waals surface area contributed by atoms with E-state index in [1.165, 1.54) is 0 Å². The van der Waals surface area contributed by atoms with Gasteiger partial charge in [0.25, 0.3) is 0 Å². The first-order valence-corrected chi connectivity index (χ1v) is 6.43. The summed E-state index contributed by atoms with van der Waals surface area (Å²) in [6.07, 6.45) is 0.882. The van der Waals surface area contributed by atoms with Crippen LogP contribution < -0.4 is 5.32 Å². The molecule has 0 aliphatic carbocycles. The molecule has 1 heterocycles. The summed E-state index contributed by atoms with van der Waals surface area (Å²) in [5, 5.41) is 5.53. The number of benzene rings is 1. The summed E-state index contributed by atoms with van der Waals surface area (Å²) in [5.41, 5.74) is 2.88. The average molecular weight is 269 g/mol. The van der Waals surface area contributed by atoms with E-state index in [-0.39, 0.29) is 0 Å². The van der Waals surface area contributed by atoms with E-state index in [9.17, 15) is 0 Å². The van der Waals surface area contributed by atoms with Gasteiger partial charge in [0.05, 0.1) is 10.5 Å². The van der Waals surface area contributed by atoms with Gasteiger partial charge in [-0.3, -0.25) is 4.98 Å². The van der Waals surface area contributed by atoms with Gasteiger partial charge < -0.3 is 5.32 Å². The molecule has 0 saturated carbocycles. The number of aryl methyl sites for hydroxylation is 1. The van der Waals surface area contributed by atoms with Crippen LogP contribution in [0.25, 0.3) is 10.9 Å². The van der Waals surface area contributed by atoms with Crippen LogP contribution in [-0.4, -0.2) is 11.5 Å². The van der Waals surface area contributed by atoms with Gasteiger partial charge in [0.1, 0.15) is 0 Å². The number of nitrogens with zero attached hydrogens (tertiary/aromatic N) is 1. The van der Waals surface area contributed by atoms with E-state index < -0.39 is 0 Å². The molecule has 0 bridgehead atoms. The van der Waals surface area contributed by atoms with E-state index in [0.717, 1.165) is 35.2 Å². The van der Waals surface area contributed by atoms with Gasteiger partial charge in [0.2, 0.25) is 0 Å². The van der Waals surface area contributed by atoms with Crippen molar-refractivity contribution in [2.75, 3.05) is 11.9 Å². The molecule has 4 heteroatoms. The van der Waals surface area contributed by atoms with Gasteiger partial charge in [-0.05, 0) is 31.5 Å². The number of rotatable bonds is 3. The van der Waals surface area contributed by atoms with E-state index in [0.29, 0.717) is 10.0 Å². The molecule has 0 amide bonds. The Hall–Kier alpha value is -0.990. The molecule has 1 aromatic carbocycles. The van der Waals surface area contributed by atoms with E-state index >= 15 is 0 Å². The van der Waals surface area contributed by atoms with Crippen LogP contribution in [0.1, 0.15) is 19.5 Å². The molecule has 0 atom stereocenters. The second-order valence-electron chi connectivity index (χ2n) is 3.83. The van der Waals surface area contributed by atoms with Crippen molar-refractivity contribution in [3.05, 3.63) is 33.9 Å². The predicted octanol–water partition coefficient (Wildman–Crippen LogP) is 4.54. The lowest BCUT2D eigenvalue weighted by molar-refractivity contribution is 1.05. The minimum atomic E-state index is 0.599. The minimum absolute atomic E-state index is 0.599. The Balaban J connectivity index is 2.76. The van der Waals surface area contributed by atoms with Gasteiger partial charge in [-0.15, -0.1) is 0 Å². The molecule has 1 N–H and O–H groups in total. The highest BCUT2D eigenvalue weighted by Crippen LogP contribution is 2.32. The molecule has 90 valence electrons. The number of aromatic nitrogens is 1. The highest BCUT2D eigenvalue weighted by atomic mass is 35.5. The molecular formula is C13H14Cl2N2. The first-order chi connectivity index (χ1) is 8.15. The van der Waals surface area contributed by atoms with Crippen LogP contribution in [0.4, 0.5) is 5.69 Å².